The molecule has 24 heavy (non-hydrogen) atoms. The van der Waals surface area contributed by atoms with Crippen LogP contribution in [0.15, 0.2) is 42.6 Å². The van der Waals surface area contributed by atoms with Crippen molar-refractivity contribution in [2.45, 2.75) is 25.4 Å². The Morgan fingerprint density at radius 2 is 2.08 bits per heavy atom. The molecular weight excluding hydrogens is 309 g/mol. The number of aromatic nitrogens is 1. The van der Waals surface area contributed by atoms with E-state index in [9.17, 15) is 9.18 Å². The van der Waals surface area contributed by atoms with Crippen LogP contribution >= 0.6 is 0 Å². The van der Waals surface area contributed by atoms with Gasteiger partial charge in [0.15, 0.2) is 0 Å². The van der Waals surface area contributed by atoms with Gasteiger partial charge in [-0.3, -0.25) is 4.79 Å². The predicted octanol–water partition coefficient (Wildman–Crippen LogP) is 2.99. The van der Waals surface area contributed by atoms with E-state index in [4.69, 9.17) is 4.74 Å². The molecule has 6 heteroatoms. The predicted molar refractivity (Wildman–Crippen MR) is 90.4 cm³/mol. The number of benzene rings is 1. The molecule has 1 fully saturated rings. The minimum atomic E-state index is -0.349. The maximum absolute atomic E-state index is 12.8. The molecular formula is C18H20FN3O2. The highest BCUT2D eigenvalue weighted by Crippen LogP contribution is 2.15. The van der Waals surface area contributed by atoms with Gasteiger partial charge >= 0.3 is 0 Å². The van der Waals surface area contributed by atoms with E-state index >= 15 is 0 Å². The van der Waals surface area contributed by atoms with E-state index in [1.807, 2.05) is 6.07 Å². The average molecular weight is 329 g/mol. The van der Waals surface area contributed by atoms with Crippen molar-refractivity contribution >= 4 is 17.4 Å². The third kappa shape index (κ3) is 4.52. The summed E-state index contributed by atoms with van der Waals surface area (Å²) in [5.74, 6) is 0.382. The van der Waals surface area contributed by atoms with Crippen molar-refractivity contribution in [3.63, 3.8) is 0 Å². The van der Waals surface area contributed by atoms with Gasteiger partial charge in [-0.1, -0.05) is 12.1 Å². The summed E-state index contributed by atoms with van der Waals surface area (Å²) in [5.41, 5.74) is 1.71. The second kappa shape index (κ2) is 7.88. The highest BCUT2D eigenvalue weighted by Gasteiger charge is 2.23. The zero-order valence-corrected chi connectivity index (χ0v) is 13.3. The number of carbonyl (C=O) groups is 1. The molecule has 2 heterocycles. The minimum absolute atomic E-state index is 0.119. The first-order valence-electron chi connectivity index (χ1n) is 8.07. The molecule has 126 valence electrons. The lowest BCUT2D eigenvalue weighted by atomic mass is 10.1. The van der Waals surface area contributed by atoms with Crippen LogP contribution in [0.5, 0.6) is 0 Å². The Morgan fingerprint density at radius 1 is 1.25 bits per heavy atom. The zero-order valence-electron chi connectivity index (χ0n) is 13.3. The van der Waals surface area contributed by atoms with E-state index in [2.05, 4.69) is 15.6 Å². The van der Waals surface area contributed by atoms with Crippen LogP contribution in [-0.2, 0) is 16.0 Å². The molecule has 1 aliphatic rings. The quantitative estimate of drug-likeness (QED) is 0.855. The van der Waals surface area contributed by atoms with E-state index in [1.54, 1.807) is 24.4 Å². The van der Waals surface area contributed by atoms with Crippen molar-refractivity contribution in [1.82, 2.24) is 4.98 Å². The topological polar surface area (TPSA) is 63.2 Å². The Balaban J connectivity index is 1.45. The molecule has 0 saturated carbocycles. The molecule has 3 rings (SSSR count). The third-order valence-corrected chi connectivity index (χ3v) is 3.89. The summed E-state index contributed by atoms with van der Waals surface area (Å²) in [5, 5.41) is 6.01. The Morgan fingerprint density at radius 3 is 2.75 bits per heavy atom. The van der Waals surface area contributed by atoms with E-state index in [-0.39, 0.29) is 17.8 Å². The van der Waals surface area contributed by atoms with Crippen molar-refractivity contribution in [2.75, 3.05) is 23.8 Å². The maximum atomic E-state index is 12.8. The monoisotopic (exact) mass is 329 g/mol. The average Bonchev–Trinajstić information content (AvgIpc) is 3.13. The molecule has 1 saturated heterocycles. The molecule has 1 amide bonds. The Kier molecular flexibility index (Phi) is 5.38. The number of hydrogen-bond donors (Lipinski definition) is 2. The third-order valence-electron chi connectivity index (χ3n) is 3.89. The fourth-order valence-electron chi connectivity index (χ4n) is 2.57. The Labute approximate surface area is 140 Å². The van der Waals surface area contributed by atoms with Gasteiger partial charge in [-0.25, -0.2) is 9.37 Å². The van der Waals surface area contributed by atoms with Gasteiger partial charge in [0, 0.05) is 13.2 Å². The van der Waals surface area contributed by atoms with Crippen molar-refractivity contribution in [2.24, 2.45) is 0 Å². The van der Waals surface area contributed by atoms with Crippen molar-refractivity contribution in [3.8, 4) is 0 Å². The molecule has 1 aromatic carbocycles. The second-order valence-corrected chi connectivity index (χ2v) is 5.73. The first-order valence-corrected chi connectivity index (χ1v) is 8.07. The number of pyridine rings is 1. The second-order valence-electron chi connectivity index (χ2n) is 5.73. The molecule has 1 unspecified atom stereocenters. The van der Waals surface area contributed by atoms with Crippen LogP contribution in [-0.4, -0.2) is 30.1 Å². The lowest BCUT2D eigenvalue weighted by Crippen LogP contribution is -2.26. The zero-order chi connectivity index (χ0) is 16.8. The lowest BCUT2D eigenvalue weighted by Gasteiger charge is -2.11. The molecule has 0 bridgehead atoms. The number of amides is 1. The normalized spacial score (nSPS) is 16.8. The number of ether oxygens (including phenoxy) is 1. The highest BCUT2D eigenvalue weighted by atomic mass is 19.1. The van der Waals surface area contributed by atoms with Crippen molar-refractivity contribution in [3.05, 3.63) is 54.0 Å². The molecule has 1 aliphatic heterocycles. The molecule has 0 spiro atoms. The maximum Gasteiger partial charge on any atom is 0.253 e. The Bertz CT molecular complexity index is 668. The van der Waals surface area contributed by atoms with Gasteiger partial charge in [0.05, 0.1) is 11.9 Å². The molecule has 1 aromatic heterocycles. The van der Waals surface area contributed by atoms with Crippen molar-refractivity contribution < 1.29 is 13.9 Å². The highest BCUT2D eigenvalue weighted by molar-refractivity contribution is 5.94. The van der Waals surface area contributed by atoms with Crippen LogP contribution < -0.4 is 10.6 Å². The van der Waals surface area contributed by atoms with E-state index in [0.717, 1.165) is 30.6 Å². The number of nitrogens with one attached hydrogen (secondary N) is 2. The van der Waals surface area contributed by atoms with Crippen LogP contribution in [0.25, 0.3) is 0 Å². The van der Waals surface area contributed by atoms with Gasteiger partial charge in [-0.2, -0.15) is 0 Å². The lowest BCUT2D eigenvalue weighted by molar-refractivity contribution is -0.124. The molecule has 0 radical (unpaired) electrons. The van der Waals surface area contributed by atoms with Gasteiger partial charge in [-0.05, 0) is 49.1 Å². The van der Waals surface area contributed by atoms with Crippen LogP contribution in [0, 0.1) is 5.82 Å². The van der Waals surface area contributed by atoms with E-state index in [0.29, 0.717) is 18.8 Å². The van der Waals surface area contributed by atoms with Crippen molar-refractivity contribution in [1.29, 1.82) is 0 Å². The Hall–Kier alpha value is -2.47. The first-order chi connectivity index (χ1) is 11.7. The summed E-state index contributed by atoms with van der Waals surface area (Å²) in [6.07, 6.45) is 3.74. The van der Waals surface area contributed by atoms with Crippen LogP contribution in [0.4, 0.5) is 15.9 Å². The summed E-state index contributed by atoms with van der Waals surface area (Å²) >= 11 is 0. The number of rotatable bonds is 6. The van der Waals surface area contributed by atoms with Crippen LogP contribution in [0.2, 0.25) is 0 Å². The fourth-order valence-corrected chi connectivity index (χ4v) is 2.57. The summed E-state index contributed by atoms with van der Waals surface area (Å²) in [6.45, 7) is 1.34. The summed E-state index contributed by atoms with van der Waals surface area (Å²) < 4.78 is 18.2. The first kappa shape index (κ1) is 16.4. The number of hydrogen-bond acceptors (Lipinski definition) is 4. The molecule has 0 aliphatic carbocycles. The minimum Gasteiger partial charge on any atom is -0.370 e. The van der Waals surface area contributed by atoms with Gasteiger partial charge < -0.3 is 15.4 Å². The van der Waals surface area contributed by atoms with E-state index < -0.39 is 0 Å². The number of anilines is 2. The van der Waals surface area contributed by atoms with Crippen LogP contribution in [0.1, 0.15) is 18.4 Å². The van der Waals surface area contributed by atoms with Gasteiger partial charge in [-0.15, -0.1) is 0 Å². The number of halogens is 1. The summed E-state index contributed by atoms with van der Waals surface area (Å²) in [7, 11) is 0. The molecule has 1 atom stereocenters. The van der Waals surface area contributed by atoms with Gasteiger partial charge in [0.2, 0.25) is 0 Å². The van der Waals surface area contributed by atoms with Gasteiger partial charge in [0.25, 0.3) is 5.91 Å². The largest absolute Gasteiger partial charge is 0.370 e. The smallest absolute Gasteiger partial charge is 0.253 e. The number of nitrogens with zero attached hydrogens (tertiary/aromatic N) is 1. The summed E-state index contributed by atoms with van der Waals surface area (Å²) in [6, 6.07) is 10.1. The molecule has 2 N–H and O–H groups in total. The molecule has 2 aromatic rings. The van der Waals surface area contributed by atoms with E-state index in [1.165, 1.54) is 12.1 Å². The number of carbonyl (C=O) groups excluding carboxylic acids is 1. The fraction of sp³-hybridized carbons (Fsp3) is 0.333. The van der Waals surface area contributed by atoms with Crippen LogP contribution in [0.3, 0.4) is 0 Å². The standard InChI is InChI=1S/C18H20FN3O2/c19-14-5-3-13(4-6-14)9-10-20-17-8-7-15(12-21-17)22-18(23)16-2-1-11-24-16/h3-8,12,16H,1-2,9-11H2,(H,20,21)(H,22,23). The SMILES string of the molecule is O=C(Nc1ccc(NCCc2ccc(F)cc2)nc1)C1CCCO1. The molecule has 5 nitrogen and oxygen atoms in total. The summed E-state index contributed by atoms with van der Waals surface area (Å²) in [4.78, 5) is 16.2. The van der Waals surface area contributed by atoms with Gasteiger partial charge in [0.1, 0.15) is 17.7 Å².